The molecular weight excluding hydrogens is 505 g/mol. The van der Waals surface area contributed by atoms with Crippen molar-refractivity contribution >= 4 is 54.8 Å². The molecule has 0 saturated heterocycles. The van der Waals surface area contributed by atoms with Gasteiger partial charge >= 0.3 is 0 Å². The van der Waals surface area contributed by atoms with Gasteiger partial charge in [-0.1, -0.05) is 83.1 Å². The summed E-state index contributed by atoms with van der Waals surface area (Å²) in [5, 5.41) is 0. The van der Waals surface area contributed by atoms with Crippen molar-refractivity contribution in [3.63, 3.8) is 0 Å². The van der Waals surface area contributed by atoms with Crippen LogP contribution in [-0.2, 0) is 9.59 Å². The van der Waals surface area contributed by atoms with Gasteiger partial charge in [-0.25, -0.2) is 0 Å². The Labute approximate surface area is 236 Å². The number of carbonyl (C=O) groups is 2. The van der Waals surface area contributed by atoms with Crippen molar-refractivity contribution in [2.75, 3.05) is 0 Å². The molecule has 4 heteroatoms. The number of hydrogen-bond donors (Lipinski definition) is 0. The number of Topliss-reactive ketones (excluding diaryl/α,β-unsaturated/α-hetero) is 2. The third-order valence-electron chi connectivity index (χ3n) is 7.19. The number of ketones is 2. The standard InChI is InChI=1S/C34H42O2S2/c1-31(2,3)21-13-19(14-22(29(21)35)32(4,5)6)25-17-27-28(37-25)18-26(38-27)20-15-23(33(7,8)9)30(36)24(16-20)34(10,11)12/h13-18H,1-12H3. The molecule has 0 spiro atoms. The van der Waals surface area contributed by atoms with Gasteiger partial charge in [-0.05, 0) is 69.2 Å². The van der Waals surface area contributed by atoms with Gasteiger partial charge in [0.1, 0.15) is 0 Å². The van der Waals surface area contributed by atoms with Crippen LogP contribution in [0.15, 0.2) is 58.7 Å². The van der Waals surface area contributed by atoms with Gasteiger partial charge in [0.25, 0.3) is 0 Å². The van der Waals surface area contributed by atoms with Crippen LogP contribution in [0.3, 0.4) is 0 Å². The number of allylic oxidation sites excluding steroid dienone is 8. The SMILES string of the molecule is CC(C)(C)C1=CC(=c2cc3sc(=C4C=C(C(C)(C)C)C(=O)C(C(C)(C)C)=C4)cc3s2)C=C(C(C)(C)C)C1=O. The molecule has 202 valence electrons. The summed E-state index contributed by atoms with van der Waals surface area (Å²) in [5.74, 6) is 0.334. The lowest BCUT2D eigenvalue weighted by Gasteiger charge is -2.31. The highest BCUT2D eigenvalue weighted by Crippen LogP contribution is 2.41. The first-order chi connectivity index (χ1) is 17.2. The molecule has 0 saturated carbocycles. The molecule has 2 aliphatic carbocycles. The predicted octanol–water partition coefficient (Wildman–Crippen LogP) is 8.32. The van der Waals surface area contributed by atoms with E-state index in [4.69, 9.17) is 0 Å². The normalized spacial score (nSPS) is 18.1. The van der Waals surface area contributed by atoms with E-state index in [2.05, 4.69) is 120 Å². The van der Waals surface area contributed by atoms with Crippen LogP contribution < -0.4 is 9.06 Å². The van der Waals surface area contributed by atoms with Gasteiger partial charge in [0.2, 0.25) is 0 Å². The molecule has 0 fully saturated rings. The van der Waals surface area contributed by atoms with Crippen LogP contribution in [0.4, 0.5) is 0 Å². The second kappa shape index (κ2) is 9.13. The van der Waals surface area contributed by atoms with Gasteiger partial charge in [0, 0.05) is 40.8 Å². The van der Waals surface area contributed by atoms with Crippen molar-refractivity contribution in [2.45, 2.75) is 83.1 Å². The molecule has 0 aromatic carbocycles. The third-order valence-corrected chi connectivity index (χ3v) is 9.58. The Morgan fingerprint density at radius 3 is 0.895 bits per heavy atom. The molecule has 0 amide bonds. The Hall–Kier alpha value is -2.30. The Kier molecular flexibility index (Phi) is 6.90. The van der Waals surface area contributed by atoms with Crippen molar-refractivity contribution in [1.29, 1.82) is 0 Å². The van der Waals surface area contributed by atoms with E-state index in [-0.39, 0.29) is 33.2 Å². The minimum absolute atomic E-state index is 0.167. The van der Waals surface area contributed by atoms with Crippen LogP contribution in [0.5, 0.6) is 0 Å². The zero-order chi connectivity index (χ0) is 28.6. The summed E-state index contributed by atoms with van der Waals surface area (Å²) in [5.41, 5.74) is 4.84. The Morgan fingerprint density at radius 2 is 0.684 bits per heavy atom. The van der Waals surface area contributed by atoms with Crippen LogP contribution >= 0.6 is 22.7 Å². The fraction of sp³-hybridized carbons (Fsp3) is 0.471. The average Bonchev–Trinajstić information content (AvgIpc) is 3.30. The topological polar surface area (TPSA) is 34.1 Å². The minimum atomic E-state index is -0.224. The van der Waals surface area contributed by atoms with E-state index in [1.165, 1.54) is 18.5 Å². The van der Waals surface area contributed by atoms with Gasteiger partial charge in [0.15, 0.2) is 11.6 Å². The van der Waals surface area contributed by atoms with Gasteiger partial charge in [-0.3, -0.25) is 9.59 Å². The zero-order valence-electron chi connectivity index (χ0n) is 25.1. The summed E-state index contributed by atoms with van der Waals surface area (Å²) in [6, 6.07) is 4.54. The van der Waals surface area contributed by atoms with Gasteiger partial charge in [-0.2, -0.15) is 0 Å². The van der Waals surface area contributed by atoms with Crippen LogP contribution in [0.25, 0.3) is 20.5 Å². The van der Waals surface area contributed by atoms with Gasteiger partial charge in [0.05, 0.1) is 0 Å². The maximum atomic E-state index is 13.4. The van der Waals surface area contributed by atoms with Crippen molar-refractivity contribution in [2.24, 2.45) is 21.7 Å². The molecule has 0 bridgehead atoms. The average molecular weight is 547 g/mol. The largest absolute Gasteiger partial charge is 0.289 e. The Bertz CT molecular complexity index is 1370. The summed E-state index contributed by atoms with van der Waals surface area (Å²) < 4.78 is 4.85. The molecule has 0 unspecified atom stereocenters. The van der Waals surface area contributed by atoms with E-state index < -0.39 is 0 Å². The summed E-state index contributed by atoms with van der Waals surface area (Å²) in [6.07, 6.45) is 8.41. The highest BCUT2D eigenvalue weighted by atomic mass is 32.1. The lowest BCUT2D eigenvalue weighted by Crippen LogP contribution is -2.28. The maximum Gasteiger partial charge on any atom is 0.186 e. The summed E-state index contributed by atoms with van der Waals surface area (Å²) in [6.45, 7) is 25.4. The Morgan fingerprint density at radius 1 is 0.447 bits per heavy atom. The monoisotopic (exact) mass is 546 g/mol. The molecule has 0 radical (unpaired) electrons. The van der Waals surface area contributed by atoms with E-state index in [1.54, 1.807) is 22.7 Å². The van der Waals surface area contributed by atoms with Crippen LogP contribution in [0, 0.1) is 21.7 Å². The predicted molar refractivity (Wildman–Crippen MR) is 166 cm³/mol. The summed E-state index contributed by atoms with van der Waals surface area (Å²) >= 11 is 3.56. The van der Waals surface area contributed by atoms with E-state index >= 15 is 0 Å². The number of carbonyl (C=O) groups excluding carboxylic acids is 2. The van der Waals surface area contributed by atoms with E-state index in [0.29, 0.717) is 0 Å². The molecule has 2 aromatic rings. The van der Waals surface area contributed by atoms with Crippen LogP contribution in [0.1, 0.15) is 83.1 Å². The first-order valence-corrected chi connectivity index (χ1v) is 15.1. The molecule has 2 nitrogen and oxygen atoms in total. The highest BCUT2D eigenvalue weighted by Gasteiger charge is 2.35. The zero-order valence-corrected chi connectivity index (χ0v) is 26.7. The Balaban J connectivity index is 1.95. The fourth-order valence-corrected chi connectivity index (χ4v) is 7.26. The number of hydrogen-bond acceptors (Lipinski definition) is 4. The molecule has 38 heavy (non-hydrogen) atoms. The van der Waals surface area contributed by atoms with Crippen molar-refractivity contribution in [3.05, 3.63) is 67.8 Å². The molecule has 2 aliphatic rings. The molecule has 0 N–H and O–H groups in total. The lowest BCUT2D eigenvalue weighted by molar-refractivity contribution is -0.114. The molecule has 2 heterocycles. The first kappa shape index (κ1) is 28.7. The number of thiophene rings is 2. The van der Waals surface area contributed by atoms with Crippen LogP contribution in [-0.4, -0.2) is 11.6 Å². The summed E-state index contributed by atoms with van der Waals surface area (Å²) in [4.78, 5) is 26.7. The van der Waals surface area contributed by atoms with E-state index in [1.807, 2.05) is 0 Å². The lowest BCUT2D eigenvalue weighted by atomic mass is 9.72. The molecule has 2 aromatic heterocycles. The molecule has 4 rings (SSSR count). The molecule has 0 atom stereocenters. The third kappa shape index (κ3) is 5.40. The second-order valence-electron chi connectivity index (χ2n) is 14.8. The molecule has 0 aliphatic heterocycles. The molecular formula is C34H42O2S2. The smallest absolute Gasteiger partial charge is 0.186 e. The van der Waals surface area contributed by atoms with Gasteiger partial charge < -0.3 is 0 Å². The minimum Gasteiger partial charge on any atom is -0.289 e. The van der Waals surface area contributed by atoms with Crippen molar-refractivity contribution < 1.29 is 9.59 Å². The second-order valence-corrected chi connectivity index (χ2v) is 16.9. The van der Waals surface area contributed by atoms with E-state index in [0.717, 1.165) is 33.4 Å². The van der Waals surface area contributed by atoms with Crippen LogP contribution in [0.2, 0.25) is 0 Å². The first-order valence-electron chi connectivity index (χ1n) is 13.4. The van der Waals surface area contributed by atoms with E-state index in [9.17, 15) is 9.59 Å². The summed E-state index contributed by atoms with van der Waals surface area (Å²) in [7, 11) is 0. The number of rotatable bonds is 0. The fourth-order valence-electron chi connectivity index (χ4n) is 4.89. The highest BCUT2D eigenvalue weighted by molar-refractivity contribution is 7.25. The van der Waals surface area contributed by atoms with Crippen molar-refractivity contribution in [3.8, 4) is 0 Å². The van der Waals surface area contributed by atoms with Gasteiger partial charge in [-0.15, -0.1) is 22.7 Å². The maximum absolute atomic E-state index is 13.4. The quantitative estimate of drug-likeness (QED) is 0.333. The number of fused-ring (bicyclic) bond motifs is 1. The van der Waals surface area contributed by atoms with Crippen molar-refractivity contribution in [1.82, 2.24) is 0 Å².